The molecule has 2 fully saturated rings. The maximum absolute atomic E-state index is 13.2. The molecule has 3 N–H and O–H groups in total. The number of ether oxygens (including phenoxy) is 1. The molecule has 1 aromatic rings. The predicted molar refractivity (Wildman–Crippen MR) is 108 cm³/mol. The van der Waals surface area contributed by atoms with Gasteiger partial charge in [0.2, 0.25) is 5.91 Å². The molecule has 29 heavy (non-hydrogen) atoms. The van der Waals surface area contributed by atoms with Crippen molar-refractivity contribution in [3.63, 3.8) is 0 Å². The van der Waals surface area contributed by atoms with Crippen LogP contribution in [0.2, 0.25) is 0 Å². The average Bonchev–Trinajstić information content (AvgIpc) is 3.52. The van der Waals surface area contributed by atoms with E-state index in [4.69, 9.17) is 4.74 Å². The second-order valence-corrected chi connectivity index (χ2v) is 7.67. The number of benzene rings is 1. The van der Waals surface area contributed by atoms with Crippen LogP contribution in [0.25, 0.3) is 0 Å². The highest BCUT2D eigenvalue weighted by Gasteiger charge is 2.31. The number of amides is 1. The van der Waals surface area contributed by atoms with Gasteiger partial charge in [-0.3, -0.25) is 4.79 Å². The van der Waals surface area contributed by atoms with E-state index in [2.05, 4.69) is 20.9 Å². The van der Waals surface area contributed by atoms with Crippen LogP contribution >= 0.6 is 0 Å². The number of rotatable bonds is 8. The lowest BCUT2D eigenvalue weighted by Gasteiger charge is -2.30. The van der Waals surface area contributed by atoms with Crippen molar-refractivity contribution in [2.24, 2.45) is 10.9 Å². The second kappa shape index (κ2) is 10.4. The number of halogens is 2. The molecule has 2 atom stereocenters. The van der Waals surface area contributed by atoms with Gasteiger partial charge in [-0.1, -0.05) is 6.42 Å². The lowest BCUT2D eigenvalue weighted by atomic mass is 9.85. The van der Waals surface area contributed by atoms with Crippen molar-refractivity contribution < 1.29 is 18.3 Å². The Morgan fingerprint density at radius 3 is 2.69 bits per heavy atom. The average molecular weight is 408 g/mol. The molecule has 0 saturated heterocycles. The number of carbonyl (C=O) groups is 1. The predicted octanol–water partition coefficient (Wildman–Crippen LogP) is 2.74. The number of hydrogen-bond acceptors (Lipinski definition) is 3. The fraction of sp³-hybridized carbons (Fsp3) is 0.619. The molecular formula is C21H30F2N4O2. The van der Waals surface area contributed by atoms with Crippen LogP contribution < -0.4 is 20.7 Å². The normalized spacial score (nSPS) is 22.1. The highest BCUT2D eigenvalue weighted by Crippen LogP contribution is 2.26. The van der Waals surface area contributed by atoms with Gasteiger partial charge in [0.05, 0.1) is 6.54 Å². The Bertz CT molecular complexity index is 725. The van der Waals surface area contributed by atoms with E-state index in [0.29, 0.717) is 25.1 Å². The van der Waals surface area contributed by atoms with Crippen LogP contribution in [0.5, 0.6) is 5.75 Å². The van der Waals surface area contributed by atoms with E-state index < -0.39 is 11.6 Å². The molecule has 0 radical (unpaired) electrons. The zero-order valence-corrected chi connectivity index (χ0v) is 16.8. The molecule has 2 aliphatic carbocycles. The first-order valence-corrected chi connectivity index (χ1v) is 10.5. The Morgan fingerprint density at radius 2 is 1.97 bits per heavy atom. The number of aliphatic imine (C=N–C) groups is 1. The summed E-state index contributed by atoms with van der Waals surface area (Å²) >= 11 is 0. The molecule has 0 spiro atoms. The lowest BCUT2D eigenvalue weighted by molar-refractivity contribution is -0.126. The van der Waals surface area contributed by atoms with E-state index in [1.807, 2.05) is 6.92 Å². The quantitative estimate of drug-likeness (QED) is 0.351. The van der Waals surface area contributed by atoms with E-state index in [0.717, 1.165) is 50.7 Å². The van der Waals surface area contributed by atoms with Gasteiger partial charge >= 0.3 is 0 Å². The number of nitrogens with zero attached hydrogens (tertiary/aromatic N) is 1. The molecule has 8 heteroatoms. The highest BCUT2D eigenvalue weighted by molar-refractivity contribution is 5.81. The van der Waals surface area contributed by atoms with Gasteiger partial charge in [0.25, 0.3) is 0 Å². The largest absolute Gasteiger partial charge is 0.492 e. The number of hydrogen-bond donors (Lipinski definition) is 3. The van der Waals surface area contributed by atoms with E-state index in [1.165, 1.54) is 6.07 Å². The third-order valence-electron chi connectivity index (χ3n) is 5.17. The summed E-state index contributed by atoms with van der Waals surface area (Å²) in [7, 11) is 0. The Kier molecular flexibility index (Phi) is 7.66. The van der Waals surface area contributed by atoms with E-state index in [-0.39, 0.29) is 30.2 Å². The zero-order valence-electron chi connectivity index (χ0n) is 16.8. The summed E-state index contributed by atoms with van der Waals surface area (Å²) in [6, 6.07) is 4.05. The van der Waals surface area contributed by atoms with Crippen molar-refractivity contribution in [3.8, 4) is 5.75 Å². The van der Waals surface area contributed by atoms with E-state index in [1.54, 1.807) is 0 Å². The van der Waals surface area contributed by atoms with Crippen molar-refractivity contribution in [3.05, 3.63) is 29.8 Å². The highest BCUT2D eigenvalue weighted by atomic mass is 19.2. The van der Waals surface area contributed by atoms with Crippen LogP contribution in [-0.4, -0.2) is 43.6 Å². The maximum Gasteiger partial charge on any atom is 0.223 e. The Hall–Kier alpha value is -2.38. The summed E-state index contributed by atoms with van der Waals surface area (Å²) in [4.78, 5) is 16.8. The van der Waals surface area contributed by atoms with Crippen molar-refractivity contribution in [2.45, 2.75) is 57.5 Å². The van der Waals surface area contributed by atoms with Crippen LogP contribution in [0.4, 0.5) is 8.78 Å². The lowest BCUT2D eigenvalue weighted by Crippen LogP contribution is -2.47. The van der Waals surface area contributed by atoms with Crippen molar-refractivity contribution in [2.75, 3.05) is 19.7 Å². The standard InChI is InChI=1S/C21H30F2N4O2/c1-2-24-21(25-10-11-29-17-8-9-18(22)19(23)13-17)27-16-5-3-4-14(12-16)20(28)26-15-6-7-15/h8-9,13-16H,2-7,10-12H2,1H3,(H,26,28)(H2,24,25,27). The van der Waals surface area contributed by atoms with Gasteiger partial charge in [-0.15, -0.1) is 0 Å². The fourth-order valence-electron chi connectivity index (χ4n) is 3.51. The number of guanidine groups is 1. The molecule has 0 aliphatic heterocycles. The minimum absolute atomic E-state index is 0.0569. The minimum atomic E-state index is -0.932. The zero-order chi connectivity index (χ0) is 20.6. The summed E-state index contributed by atoms with van der Waals surface area (Å²) in [5, 5.41) is 9.73. The molecule has 1 amide bonds. The van der Waals surface area contributed by atoms with Crippen molar-refractivity contribution >= 4 is 11.9 Å². The van der Waals surface area contributed by atoms with Gasteiger partial charge in [-0.05, 0) is 51.2 Å². The summed E-state index contributed by atoms with van der Waals surface area (Å²) in [5.41, 5.74) is 0. The van der Waals surface area contributed by atoms with Crippen LogP contribution in [0.1, 0.15) is 45.4 Å². The number of carbonyl (C=O) groups excluding carboxylic acids is 1. The topological polar surface area (TPSA) is 74.8 Å². The first-order valence-electron chi connectivity index (χ1n) is 10.5. The third-order valence-corrected chi connectivity index (χ3v) is 5.17. The molecule has 160 valence electrons. The molecule has 2 aliphatic rings. The first-order chi connectivity index (χ1) is 14.0. The molecule has 3 rings (SSSR count). The van der Waals surface area contributed by atoms with Gasteiger partial charge < -0.3 is 20.7 Å². The molecule has 0 bridgehead atoms. The minimum Gasteiger partial charge on any atom is -0.492 e. The SMILES string of the molecule is CCNC(=NCCOc1ccc(F)c(F)c1)NC1CCCC(C(=O)NC2CC2)C1. The maximum atomic E-state index is 13.2. The summed E-state index contributed by atoms with van der Waals surface area (Å²) < 4.78 is 31.6. The van der Waals surface area contributed by atoms with E-state index in [9.17, 15) is 13.6 Å². The Balaban J connectivity index is 1.46. The van der Waals surface area contributed by atoms with Gasteiger partial charge in [0.1, 0.15) is 12.4 Å². The molecule has 0 aromatic heterocycles. The third kappa shape index (κ3) is 6.87. The molecule has 6 nitrogen and oxygen atoms in total. The van der Waals surface area contributed by atoms with Crippen LogP contribution in [-0.2, 0) is 4.79 Å². The first kappa shape index (κ1) is 21.3. The van der Waals surface area contributed by atoms with Crippen LogP contribution in [0.3, 0.4) is 0 Å². The molecule has 2 unspecified atom stereocenters. The van der Waals surface area contributed by atoms with E-state index >= 15 is 0 Å². The molecular weight excluding hydrogens is 378 g/mol. The summed E-state index contributed by atoms with van der Waals surface area (Å²) in [6.07, 6.45) is 5.96. The smallest absolute Gasteiger partial charge is 0.223 e. The second-order valence-electron chi connectivity index (χ2n) is 7.67. The monoisotopic (exact) mass is 408 g/mol. The van der Waals surface area contributed by atoms with Crippen LogP contribution in [0.15, 0.2) is 23.2 Å². The molecule has 2 saturated carbocycles. The Morgan fingerprint density at radius 1 is 1.14 bits per heavy atom. The summed E-state index contributed by atoms with van der Waals surface area (Å²) in [5.74, 6) is -0.644. The van der Waals surface area contributed by atoms with Crippen molar-refractivity contribution in [1.82, 2.24) is 16.0 Å². The fourth-order valence-corrected chi connectivity index (χ4v) is 3.51. The summed E-state index contributed by atoms with van der Waals surface area (Å²) in [6.45, 7) is 3.32. The van der Waals surface area contributed by atoms with Crippen molar-refractivity contribution in [1.29, 1.82) is 0 Å². The van der Waals surface area contributed by atoms with Gasteiger partial charge in [0, 0.05) is 30.6 Å². The van der Waals surface area contributed by atoms with Gasteiger partial charge in [-0.25, -0.2) is 13.8 Å². The van der Waals surface area contributed by atoms with Crippen LogP contribution in [0, 0.1) is 17.6 Å². The van der Waals surface area contributed by atoms with Gasteiger partial charge in [0.15, 0.2) is 17.6 Å². The van der Waals surface area contributed by atoms with Gasteiger partial charge in [-0.2, -0.15) is 0 Å². The number of nitrogens with one attached hydrogen (secondary N) is 3. The molecule has 1 aromatic carbocycles. The molecule has 0 heterocycles. The Labute approximate surface area is 170 Å².